The molecule has 20 heavy (non-hydrogen) atoms. The van der Waals surface area contributed by atoms with Gasteiger partial charge in [0.15, 0.2) is 0 Å². The first kappa shape index (κ1) is 14.8. The monoisotopic (exact) mass is 305 g/mol. The number of rotatable bonds is 4. The maximum absolute atomic E-state index is 6.19. The number of aromatic nitrogens is 1. The minimum Gasteiger partial charge on any atom is -0.389 e. The minimum absolute atomic E-state index is 0.301. The van der Waals surface area contributed by atoms with Crippen molar-refractivity contribution < 1.29 is 0 Å². The van der Waals surface area contributed by atoms with Crippen LogP contribution in [0.4, 0.5) is 5.69 Å². The van der Waals surface area contributed by atoms with E-state index in [0.717, 1.165) is 17.1 Å². The van der Waals surface area contributed by atoms with Gasteiger partial charge in [-0.2, -0.15) is 0 Å². The second kappa shape index (κ2) is 6.20. The molecule has 0 spiro atoms. The Balaban J connectivity index is 2.32. The lowest BCUT2D eigenvalue weighted by atomic mass is 10.1. The Morgan fingerprint density at radius 2 is 2.00 bits per heavy atom. The van der Waals surface area contributed by atoms with Crippen LogP contribution in [-0.2, 0) is 6.54 Å². The third-order valence-electron chi connectivity index (χ3n) is 2.99. The molecular formula is C15H16ClN3S. The first-order valence-corrected chi connectivity index (χ1v) is 6.99. The molecule has 1 aromatic carbocycles. The highest BCUT2D eigenvalue weighted by atomic mass is 35.5. The second-order valence-electron chi connectivity index (χ2n) is 4.62. The van der Waals surface area contributed by atoms with E-state index >= 15 is 0 Å². The number of benzene rings is 1. The second-order valence-corrected chi connectivity index (χ2v) is 5.47. The number of anilines is 1. The Morgan fingerprint density at radius 3 is 2.65 bits per heavy atom. The molecule has 0 radical (unpaired) electrons. The van der Waals surface area contributed by atoms with Gasteiger partial charge < -0.3 is 10.6 Å². The van der Waals surface area contributed by atoms with E-state index in [2.05, 4.69) is 4.98 Å². The molecule has 5 heteroatoms. The molecule has 1 heterocycles. The molecule has 0 aliphatic rings. The van der Waals surface area contributed by atoms with Crippen molar-refractivity contribution in [3.63, 3.8) is 0 Å². The van der Waals surface area contributed by atoms with Gasteiger partial charge in [0, 0.05) is 18.4 Å². The van der Waals surface area contributed by atoms with Crippen molar-refractivity contribution in [2.75, 3.05) is 11.9 Å². The topological polar surface area (TPSA) is 42.1 Å². The van der Waals surface area contributed by atoms with Gasteiger partial charge in [0.05, 0.1) is 22.8 Å². The van der Waals surface area contributed by atoms with Crippen LogP contribution in [-0.4, -0.2) is 17.0 Å². The summed E-state index contributed by atoms with van der Waals surface area (Å²) in [6, 6.07) is 11.6. The summed E-state index contributed by atoms with van der Waals surface area (Å²) in [6.07, 6.45) is 0. The third kappa shape index (κ3) is 3.26. The Morgan fingerprint density at radius 1 is 1.30 bits per heavy atom. The molecule has 0 unspecified atom stereocenters. The number of nitrogens with two attached hydrogens (primary N) is 1. The average Bonchev–Trinajstić information content (AvgIpc) is 2.37. The van der Waals surface area contributed by atoms with Crippen LogP contribution in [0.5, 0.6) is 0 Å². The molecule has 1 aromatic heterocycles. The molecule has 0 atom stereocenters. The summed E-state index contributed by atoms with van der Waals surface area (Å²) in [5, 5.41) is 0.569. The summed E-state index contributed by atoms with van der Waals surface area (Å²) in [5.74, 6) is 0. The first-order chi connectivity index (χ1) is 9.49. The lowest BCUT2D eigenvalue weighted by molar-refractivity contribution is 0.876. The van der Waals surface area contributed by atoms with E-state index in [9.17, 15) is 0 Å². The van der Waals surface area contributed by atoms with Crippen molar-refractivity contribution in [1.29, 1.82) is 0 Å². The zero-order chi connectivity index (χ0) is 14.7. The summed E-state index contributed by atoms with van der Waals surface area (Å²) in [5.41, 5.74) is 9.38. The first-order valence-electron chi connectivity index (χ1n) is 6.21. The minimum atomic E-state index is 0.301. The number of nitrogens with zero attached hydrogens (tertiary/aromatic N) is 2. The fourth-order valence-corrected chi connectivity index (χ4v) is 2.63. The zero-order valence-corrected chi connectivity index (χ0v) is 13.0. The molecule has 2 rings (SSSR count). The van der Waals surface area contributed by atoms with E-state index in [-0.39, 0.29) is 0 Å². The van der Waals surface area contributed by atoms with E-state index in [1.165, 1.54) is 0 Å². The predicted molar refractivity (Wildman–Crippen MR) is 88.4 cm³/mol. The normalized spacial score (nSPS) is 10.3. The van der Waals surface area contributed by atoms with Crippen LogP contribution in [0.2, 0.25) is 5.02 Å². The molecule has 0 saturated carbocycles. The van der Waals surface area contributed by atoms with Crippen molar-refractivity contribution in [3.05, 3.63) is 58.4 Å². The standard InChI is InChI=1S/C15H16ClN3S/c1-10-5-3-6-11(18-10)9-19(2)13-8-4-7-12(16)14(13)15(17)20/h3-8H,9H2,1-2H3,(H2,17,20). The molecule has 0 aliphatic carbocycles. The molecule has 0 bridgehead atoms. The smallest absolute Gasteiger partial charge is 0.107 e. The maximum atomic E-state index is 6.19. The fraction of sp³-hybridized carbons (Fsp3) is 0.200. The van der Waals surface area contributed by atoms with Crippen molar-refractivity contribution in [2.45, 2.75) is 13.5 Å². The van der Waals surface area contributed by atoms with Crippen LogP contribution in [0, 0.1) is 6.92 Å². The van der Waals surface area contributed by atoms with Gasteiger partial charge in [-0.25, -0.2) is 0 Å². The van der Waals surface area contributed by atoms with Gasteiger partial charge in [0.1, 0.15) is 4.99 Å². The molecule has 104 valence electrons. The van der Waals surface area contributed by atoms with Crippen molar-refractivity contribution in [1.82, 2.24) is 4.98 Å². The van der Waals surface area contributed by atoms with Crippen LogP contribution < -0.4 is 10.6 Å². The van der Waals surface area contributed by atoms with Crippen LogP contribution in [0.25, 0.3) is 0 Å². The van der Waals surface area contributed by atoms with Gasteiger partial charge in [0.2, 0.25) is 0 Å². The summed E-state index contributed by atoms with van der Waals surface area (Å²) in [7, 11) is 1.97. The Kier molecular flexibility index (Phi) is 4.57. The van der Waals surface area contributed by atoms with E-state index in [1.807, 2.05) is 49.2 Å². The van der Waals surface area contributed by atoms with Crippen molar-refractivity contribution >= 4 is 34.5 Å². The van der Waals surface area contributed by atoms with Gasteiger partial charge in [0.25, 0.3) is 0 Å². The van der Waals surface area contributed by atoms with E-state index < -0.39 is 0 Å². The lowest BCUT2D eigenvalue weighted by Gasteiger charge is -2.22. The molecule has 0 aliphatic heterocycles. The quantitative estimate of drug-likeness (QED) is 0.880. The number of pyridine rings is 1. The van der Waals surface area contributed by atoms with Gasteiger partial charge in [-0.15, -0.1) is 0 Å². The predicted octanol–water partition coefficient (Wildman–Crippen LogP) is 3.31. The molecule has 0 saturated heterocycles. The molecule has 0 fully saturated rings. The number of hydrogen-bond acceptors (Lipinski definition) is 3. The third-order valence-corrected chi connectivity index (χ3v) is 3.51. The highest BCUT2D eigenvalue weighted by Crippen LogP contribution is 2.27. The summed E-state index contributed by atoms with van der Waals surface area (Å²) in [4.78, 5) is 6.84. The number of aryl methyl sites for hydroxylation is 1. The van der Waals surface area contributed by atoms with Crippen molar-refractivity contribution in [3.8, 4) is 0 Å². The van der Waals surface area contributed by atoms with Crippen LogP contribution in [0.15, 0.2) is 36.4 Å². The highest BCUT2D eigenvalue weighted by Gasteiger charge is 2.13. The highest BCUT2D eigenvalue weighted by molar-refractivity contribution is 7.80. The maximum Gasteiger partial charge on any atom is 0.107 e. The Bertz CT molecular complexity index is 643. The van der Waals surface area contributed by atoms with E-state index in [0.29, 0.717) is 22.1 Å². The van der Waals surface area contributed by atoms with Gasteiger partial charge in [-0.05, 0) is 31.2 Å². The van der Waals surface area contributed by atoms with Gasteiger partial charge in [-0.3, -0.25) is 4.98 Å². The average molecular weight is 306 g/mol. The Labute approximate surface area is 129 Å². The fourth-order valence-electron chi connectivity index (χ4n) is 2.09. The Hall–Kier alpha value is -1.65. The molecule has 2 aromatic rings. The summed E-state index contributed by atoms with van der Waals surface area (Å²) < 4.78 is 0. The molecule has 2 N–H and O–H groups in total. The van der Waals surface area contributed by atoms with Crippen molar-refractivity contribution in [2.24, 2.45) is 5.73 Å². The van der Waals surface area contributed by atoms with E-state index in [1.54, 1.807) is 6.07 Å². The van der Waals surface area contributed by atoms with E-state index in [4.69, 9.17) is 29.6 Å². The van der Waals surface area contributed by atoms with Gasteiger partial charge >= 0.3 is 0 Å². The van der Waals surface area contributed by atoms with Crippen LogP contribution >= 0.6 is 23.8 Å². The molecule has 0 amide bonds. The SMILES string of the molecule is Cc1cccc(CN(C)c2cccc(Cl)c2C(N)=S)n1. The summed E-state index contributed by atoms with van der Waals surface area (Å²) in [6.45, 7) is 2.64. The van der Waals surface area contributed by atoms with Crippen LogP contribution in [0.1, 0.15) is 17.0 Å². The molecular weight excluding hydrogens is 290 g/mol. The lowest BCUT2D eigenvalue weighted by Crippen LogP contribution is -2.22. The zero-order valence-electron chi connectivity index (χ0n) is 11.4. The largest absolute Gasteiger partial charge is 0.389 e. The number of hydrogen-bond donors (Lipinski definition) is 1. The molecule has 3 nitrogen and oxygen atoms in total. The number of halogens is 1. The van der Waals surface area contributed by atoms with Crippen LogP contribution in [0.3, 0.4) is 0 Å². The van der Waals surface area contributed by atoms with Gasteiger partial charge in [-0.1, -0.05) is 36.0 Å². The number of thiocarbonyl (C=S) groups is 1. The summed E-state index contributed by atoms with van der Waals surface area (Å²) >= 11 is 11.3.